The average molecular weight is 358 g/mol. The molecule has 0 aromatic rings. The Kier molecular flexibility index (Phi) is 8.86. The molecule has 0 bridgehead atoms. The average Bonchev–Trinajstić information content (AvgIpc) is 2.56. The second-order valence-electron chi connectivity index (χ2n) is 7.87. The first-order valence-electron chi connectivity index (χ1n) is 9.13. The minimum Gasteiger partial charge on any atom is -0.469 e. The van der Waals surface area contributed by atoms with E-state index in [1.54, 1.807) is 0 Å². The number of hydrogen-bond acceptors (Lipinski definition) is 6. The molecule has 0 aromatic heterocycles. The van der Waals surface area contributed by atoms with Crippen LogP contribution in [-0.4, -0.2) is 44.7 Å². The van der Waals surface area contributed by atoms with Gasteiger partial charge in [0.2, 0.25) is 0 Å². The first kappa shape index (κ1) is 21.9. The molecule has 6 nitrogen and oxygen atoms in total. The van der Waals surface area contributed by atoms with Gasteiger partial charge < -0.3 is 18.9 Å². The normalized spacial score (nSPS) is 23.6. The molecule has 1 saturated heterocycles. The number of ether oxygens (including phenoxy) is 4. The van der Waals surface area contributed by atoms with Gasteiger partial charge >= 0.3 is 11.9 Å². The summed E-state index contributed by atoms with van der Waals surface area (Å²) in [5.41, 5.74) is 0.0837. The van der Waals surface area contributed by atoms with Crippen LogP contribution >= 0.6 is 0 Å². The molecule has 1 heterocycles. The van der Waals surface area contributed by atoms with Crippen LogP contribution in [0.25, 0.3) is 0 Å². The molecule has 1 fully saturated rings. The number of carbonyl (C=O) groups excluding carboxylic acids is 2. The summed E-state index contributed by atoms with van der Waals surface area (Å²) < 4.78 is 21.6. The third kappa shape index (κ3) is 7.74. The Morgan fingerprint density at radius 3 is 2.40 bits per heavy atom. The van der Waals surface area contributed by atoms with Gasteiger partial charge in [0.25, 0.3) is 0 Å². The third-order valence-electron chi connectivity index (χ3n) is 4.65. The largest absolute Gasteiger partial charge is 0.469 e. The zero-order chi connectivity index (χ0) is 19.0. The lowest BCUT2D eigenvalue weighted by atomic mass is 9.85. The molecule has 146 valence electrons. The molecule has 4 atom stereocenters. The Morgan fingerprint density at radius 1 is 1.16 bits per heavy atom. The van der Waals surface area contributed by atoms with Crippen LogP contribution in [0, 0.1) is 11.3 Å². The van der Waals surface area contributed by atoms with Crippen molar-refractivity contribution in [3.8, 4) is 0 Å². The monoisotopic (exact) mass is 358 g/mol. The van der Waals surface area contributed by atoms with E-state index in [1.165, 1.54) is 14.2 Å². The van der Waals surface area contributed by atoms with E-state index in [2.05, 4.69) is 25.5 Å². The number of hydrogen-bond donors (Lipinski definition) is 0. The van der Waals surface area contributed by atoms with Crippen molar-refractivity contribution in [3.05, 3.63) is 0 Å². The first-order valence-corrected chi connectivity index (χ1v) is 9.13. The van der Waals surface area contributed by atoms with E-state index in [0.717, 1.165) is 19.3 Å². The molecular weight excluding hydrogens is 324 g/mol. The van der Waals surface area contributed by atoms with E-state index in [1.807, 2.05) is 6.92 Å². The minimum absolute atomic E-state index is 0.0837. The summed E-state index contributed by atoms with van der Waals surface area (Å²) in [6, 6.07) is 0. The Labute approximate surface area is 151 Å². The molecule has 1 aliphatic rings. The van der Waals surface area contributed by atoms with Crippen LogP contribution in [0.15, 0.2) is 0 Å². The zero-order valence-corrected chi connectivity index (χ0v) is 16.5. The highest BCUT2D eigenvalue weighted by molar-refractivity contribution is 5.74. The molecule has 0 amide bonds. The van der Waals surface area contributed by atoms with E-state index >= 15 is 0 Å². The Bertz CT molecular complexity index is 428. The Morgan fingerprint density at radius 2 is 1.84 bits per heavy atom. The predicted octanol–water partition coefficient (Wildman–Crippen LogP) is 3.47. The van der Waals surface area contributed by atoms with E-state index in [0.29, 0.717) is 12.8 Å². The SMILES string of the molecule is COC(=O)CCC(C[C@H](C)O[C@H]1CCC[C@H](C(C)(C)C)O1)C(=O)OC. The minimum atomic E-state index is -0.388. The molecule has 0 aliphatic carbocycles. The van der Waals surface area contributed by atoms with Gasteiger partial charge in [-0.1, -0.05) is 20.8 Å². The van der Waals surface area contributed by atoms with Crippen LogP contribution in [0.4, 0.5) is 0 Å². The first-order chi connectivity index (χ1) is 11.7. The summed E-state index contributed by atoms with van der Waals surface area (Å²) in [4.78, 5) is 23.3. The maximum absolute atomic E-state index is 12.0. The standard InChI is InChI=1S/C19H34O6/c1-13(12-14(18(21)23-6)10-11-16(20)22-5)24-17-9-7-8-15(25-17)19(2,3)4/h13-15,17H,7-12H2,1-6H3/t13-,14?,15+,17+/m0/s1. The fourth-order valence-electron chi connectivity index (χ4n) is 3.13. The summed E-state index contributed by atoms with van der Waals surface area (Å²) in [5, 5.41) is 0. The van der Waals surface area contributed by atoms with E-state index in [9.17, 15) is 9.59 Å². The summed E-state index contributed by atoms with van der Waals surface area (Å²) >= 11 is 0. The van der Waals surface area contributed by atoms with E-state index < -0.39 is 0 Å². The summed E-state index contributed by atoms with van der Waals surface area (Å²) in [6.07, 6.45) is 3.82. The van der Waals surface area contributed by atoms with Crippen LogP contribution in [0.3, 0.4) is 0 Å². The van der Waals surface area contributed by atoms with Crippen LogP contribution in [0.2, 0.25) is 0 Å². The van der Waals surface area contributed by atoms with Crippen LogP contribution in [0.1, 0.15) is 66.2 Å². The molecule has 6 heteroatoms. The van der Waals surface area contributed by atoms with Crippen molar-refractivity contribution in [2.75, 3.05) is 14.2 Å². The lowest BCUT2D eigenvalue weighted by molar-refractivity contribution is -0.232. The quantitative estimate of drug-likeness (QED) is 0.619. The summed E-state index contributed by atoms with van der Waals surface area (Å²) in [7, 11) is 2.70. The van der Waals surface area contributed by atoms with Gasteiger partial charge in [0, 0.05) is 6.42 Å². The molecule has 1 aliphatic heterocycles. The molecule has 0 aromatic carbocycles. The van der Waals surface area contributed by atoms with Crippen LogP contribution < -0.4 is 0 Å². The molecule has 0 saturated carbocycles. The number of esters is 2. The Balaban J connectivity index is 2.54. The highest BCUT2D eigenvalue weighted by atomic mass is 16.7. The maximum atomic E-state index is 12.0. The molecule has 1 unspecified atom stereocenters. The summed E-state index contributed by atoms with van der Waals surface area (Å²) in [6.45, 7) is 8.44. The Hall–Kier alpha value is -1.14. The van der Waals surface area contributed by atoms with Gasteiger partial charge in [0.15, 0.2) is 6.29 Å². The van der Waals surface area contributed by atoms with Crippen LogP contribution in [-0.2, 0) is 28.5 Å². The second-order valence-corrected chi connectivity index (χ2v) is 7.87. The van der Waals surface area contributed by atoms with Gasteiger partial charge in [-0.05, 0) is 44.4 Å². The summed E-state index contributed by atoms with van der Waals surface area (Å²) in [5.74, 6) is -1.04. The number of carbonyl (C=O) groups is 2. The van der Waals surface area contributed by atoms with Crippen molar-refractivity contribution in [3.63, 3.8) is 0 Å². The van der Waals surface area contributed by atoms with Gasteiger partial charge in [0.1, 0.15) is 0 Å². The van der Waals surface area contributed by atoms with E-state index in [4.69, 9.17) is 14.2 Å². The molecule has 0 N–H and O–H groups in total. The lowest BCUT2D eigenvalue weighted by Crippen LogP contribution is -2.39. The fourth-order valence-corrected chi connectivity index (χ4v) is 3.13. The highest BCUT2D eigenvalue weighted by Crippen LogP contribution is 2.33. The van der Waals surface area contributed by atoms with Gasteiger partial charge in [0.05, 0.1) is 32.3 Å². The van der Waals surface area contributed by atoms with Crippen molar-refractivity contribution < 1.29 is 28.5 Å². The van der Waals surface area contributed by atoms with E-state index in [-0.39, 0.29) is 48.2 Å². The predicted molar refractivity (Wildman–Crippen MR) is 93.9 cm³/mol. The van der Waals surface area contributed by atoms with Gasteiger partial charge in [-0.25, -0.2) is 0 Å². The van der Waals surface area contributed by atoms with Crippen molar-refractivity contribution in [1.82, 2.24) is 0 Å². The van der Waals surface area contributed by atoms with Gasteiger partial charge in [-0.3, -0.25) is 9.59 Å². The highest BCUT2D eigenvalue weighted by Gasteiger charge is 2.33. The maximum Gasteiger partial charge on any atom is 0.308 e. The van der Waals surface area contributed by atoms with Crippen molar-refractivity contribution in [2.45, 2.75) is 84.7 Å². The zero-order valence-electron chi connectivity index (χ0n) is 16.5. The van der Waals surface area contributed by atoms with Crippen molar-refractivity contribution in [2.24, 2.45) is 11.3 Å². The molecule has 1 rings (SSSR count). The topological polar surface area (TPSA) is 71.1 Å². The smallest absolute Gasteiger partial charge is 0.308 e. The molecule has 0 radical (unpaired) electrons. The molecule has 0 spiro atoms. The van der Waals surface area contributed by atoms with Crippen molar-refractivity contribution >= 4 is 11.9 Å². The molecular formula is C19H34O6. The second kappa shape index (κ2) is 10.1. The van der Waals surface area contributed by atoms with Crippen molar-refractivity contribution in [1.29, 1.82) is 0 Å². The lowest BCUT2D eigenvalue weighted by Gasteiger charge is -2.38. The molecule has 25 heavy (non-hydrogen) atoms. The van der Waals surface area contributed by atoms with Gasteiger partial charge in [-0.2, -0.15) is 0 Å². The third-order valence-corrected chi connectivity index (χ3v) is 4.65. The number of methoxy groups -OCH3 is 2. The van der Waals surface area contributed by atoms with Gasteiger partial charge in [-0.15, -0.1) is 0 Å². The fraction of sp³-hybridized carbons (Fsp3) is 0.895. The van der Waals surface area contributed by atoms with Crippen LogP contribution in [0.5, 0.6) is 0 Å². The number of rotatable bonds is 8.